The highest BCUT2D eigenvalue weighted by molar-refractivity contribution is 6.15. The molecule has 9 rings (SSSR count). The van der Waals surface area contributed by atoms with Crippen LogP contribution in [0.4, 0.5) is 23.3 Å². The zero-order chi connectivity index (χ0) is 26.2. The van der Waals surface area contributed by atoms with E-state index in [-0.39, 0.29) is 11.8 Å². The van der Waals surface area contributed by atoms with E-state index in [2.05, 4.69) is 81.0 Å². The van der Waals surface area contributed by atoms with Crippen molar-refractivity contribution in [2.75, 3.05) is 0 Å². The van der Waals surface area contributed by atoms with Gasteiger partial charge in [-0.15, -0.1) is 0 Å². The van der Waals surface area contributed by atoms with Crippen molar-refractivity contribution < 1.29 is 0 Å². The first-order valence-electron chi connectivity index (χ1n) is 13.3. The number of nitrogens with zero attached hydrogens (tertiary/aromatic N) is 4. The molecule has 190 valence electrons. The number of hydrogen-bond donors (Lipinski definition) is 4. The van der Waals surface area contributed by atoms with Crippen LogP contribution in [0.2, 0.25) is 0 Å². The predicted molar refractivity (Wildman–Crippen MR) is 159 cm³/mol. The van der Waals surface area contributed by atoms with Crippen LogP contribution < -0.4 is 16.3 Å². The third-order valence-corrected chi connectivity index (χ3v) is 7.96. The Morgan fingerprint density at radius 2 is 0.800 bits per heavy atom. The molecule has 40 heavy (non-hydrogen) atoms. The fourth-order valence-corrected chi connectivity index (χ4v) is 6.05. The number of nitrogens with one attached hydrogen (secondary N) is 4. The van der Waals surface area contributed by atoms with Crippen LogP contribution in [0.25, 0.3) is 32.3 Å². The van der Waals surface area contributed by atoms with Crippen LogP contribution in [0, 0.1) is 11.8 Å². The van der Waals surface area contributed by atoms with Crippen LogP contribution in [0.15, 0.2) is 117 Å². The Kier molecular flexibility index (Phi) is 4.29. The lowest BCUT2D eigenvalue weighted by atomic mass is 9.90. The first kappa shape index (κ1) is 21.4. The molecule has 0 spiro atoms. The molecule has 2 aliphatic heterocycles. The summed E-state index contributed by atoms with van der Waals surface area (Å²) in [6.45, 7) is 0. The molecule has 8 nitrogen and oxygen atoms in total. The number of benzene rings is 3. The smallest absolute Gasteiger partial charge is 0.142 e. The topological polar surface area (TPSA) is 109 Å². The van der Waals surface area contributed by atoms with E-state index >= 15 is 0 Å². The average molecular weight is 519 g/mol. The molecule has 4 N–H and O–H groups in total. The van der Waals surface area contributed by atoms with E-state index in [9.17, 15) is 0 Å². The molecule has 2 atom stereocenters. The third-order valence-electron chi connectivity index (χ3n) is 7.96. The van der Waals surface area contributed by atoms with Crippen molar-refractivity contribution >= 4 is 67.3 Å². The van der Waals surface area contributed by atoms with Crippen molar-refractivity contribution in [2.24, 2.45) is 31.8 Å². The van der Waals surface area contributed by atoms with Gasteiger partial charge in [0.25, 0.3) is 0 Å². The van der Waals surface area contributed by atoms with Gasteiger partial charge in [-0.25, -0.2) is 20.0 Å². The number of fused-ring (bicyclic) bond motifs is 20. The largest absolute Gasteiger partial charge is 0.331 e. The normalized spacial score (nSPS) is 19.2. The van der Waals surface area contributed by atoms with E-state index < -0.39 is 0 Å². The minimum Gasteiger partial charge on any atom is -0.331 e. The first-order chi connectivity index (χ1) is 19.8. The van der Waals surface area contributed by atoms with Crippen LogP contribution in [-0.2, 0) is 0 Å². The Balaban J connectivity index is 1.42. The predicted octanol–water partition coefficient (Wildman–Crippen LogP) is 6.07. The van der Waals surface area contributed by atoms with Crippen molar-refractivity contribution in [3.8, 4) is 0 Å². The molecule has 8 heteroatoms. The zero-order valence-corrected chi connectivity index (χ0v) is 21.2. The summed E-state index contributed by atoms with van der Waals surface area (Å²) >= 11 is 0. The monoisotopic (exact) mass is 518 g/mol. The molecule has 0 radical (unpaired) electrons. The van der Waals surface area contributed by atoms with Crippen molar-refractivity contribution in [3.63, 3.8) is 0 Å². The van der Waals surface area contributed by atoms with Crippen LogP contribution in [0.3, 0.4) is 0 Å². The number of aliphatic imine (C=N–C) groups is 2. The van der Waals surface area contributed by atoms with Gasteiger partial charge in [0.15, 0.2) is 0 Å². The summed E-state index contributed by atoms with van der Waals surface area (Å²) in [6.07, 6.45) is 8.52. The van der Waals surface area contributed by atoms with Gasteiger partial charge >= 0.3 is 0 Å². The molecule has 0 amide bonds. The lowest BCUT2D eigenvalue weighted by Crippen LogP contribution is -2.22. The van der Waals surface area contributed by atoms with E-state index in [4.69, 9.17) is 20.0 Å². The Morgan fingerprint density at radius 3 is 1.23 bits per heavy atom. The molecule has 0 unspecified atom stereocenters. The van der Waals surface area contributed by atoms with E-state index in [1.54, 1.807) is 0 Å². The van der Waals surface area contributed by atoms with E-state index in [0.29, 0.717) is 0 Å². The second-order valence-corrected chi connectivity index (χ2v) is 10.3. The number of aromatic amines is 3. The molecule has 1 saturated heterocycles. The molecule has 3 aromatic carbocycles. The van der Waals surface area contributed by atoms with Gasteiger partial charge in [0.05, 0.1) is 0 Å². The van der Waals surface area contributed by atoms with Crippen molar-refractivity contribution in [1.29, 1.82) is 0 Å². The van der Waals surface area contributed by atoms with Crippen LogP contribution in [0.5, 0.6) is 0 Å². The molecular formula is C32H22N8. The van der Waals surface area contributed by atoms with Gasteiger partial charge in [0.2, 0.25) is 0 Å². The summed E-state index contributed by atoms with van der Waals surface area (Å²) in [5.74, 6) is 4.84. The van der Waals surface area contributed by atoms with Gasteiger partial charge in [-0.2, -0.15) is 0 Å². The zero-order valence-electron chi connectivity index (χ0n) is 21.2. The molecule has 3 aliphatic rings. The second-order valence-electron chi connectivity index (χ2n) is 10.3. The summed E-state index contributed by atoms with van der Waals surface area (Å²) in [5, 5.41) is 9.59. The first-order valence-corrected chi connectivity index (χ1v) is 13.3. The van der Waals surface area contributed by atoms with Gasteiger partial charge in [0.1, 0.15) is 45.9 Å². The summed E-state index contributed by atoms with van der Waals surface area (Å²) in [6, 6.07) is 24.6. The minimum absolute atomic E-state index is 0.0572. The van der Waals surface area contributed by atoms with E-state index in [0.717, 1.165) is 78.2 Å². The standard InChI is InChI=1S/C32H22N8/c1-2-10-18-17(9-1)25-33-26(18)38-28-21-13-5-6-14-22(21)30(35-28)40-32-24-16-8-7-15-23(24)31(36-32)39-29-20-12-4-3-11-19(20)27(34-29)37-25/h1-18,34-35H,(H,33,37,38)(H,36,39,40)/t17-,18+. The highest BCUT2D eigenvalue weighted by Crippen LogP contribution is 2.38. The number of H-pyrrole nitrogens is 3. The number of hydrogen-bond acceptors (Lipinski definition) is 5. The quantitative estimate of drug-likeness (QED) is 0.192. The number of aromatic nitrogens is 3. The Labute approximate surface area is 227 Å². The minimum atomic E-state index is 0.0572. The Bertz CT molecular complexity index is 2110. The number of allylic oxidation sites excluding steroid dienone is 2. The van der Waals surface area contributed by atoms with Gasteiger partial charge in [-0.1, -0.05) is 97.1 Å². The van der Waals surface area contributed by atoms with Crippen molar-refractivity contribution in [3.05, 3.63) is 108 Å². The maximum Gasteiger partial charge on any atom is 0.142 e. The van der Waals surface area contributed by atoms with Crippen LogP contribution in [-0.4, -0.2) is 26.6 Å². The maximum absolute atomic E-state index is 5.14. The second kappa shape index (κ2) is 8.00. The molecule has 0 saturated carbocycles. The van der Waals surface area contributed by atoms with Crippen molar-refractivity contribution in [1.82, 2.24) is 20.3 Å². The summed E-state index contributed by atoms with van der Waals surface area (Å²) < 4.78 is 0. The number of amidine groups is 2. The summed E-state index contributed by atoms with van der Waals surface area (Å²) in [5.41, 5.74) is 1.48. The van der Waals surface area contributed by atoms with E-state index in [1.807, 2.05) is 36.4 Å². The van der Waals surface area contributed by atoms with Crippen molar-refractivity contribution in [2.45, 2.75) is 0 Å². The SMILES string of the molecule is C1=C[C@@H]2C3=Nc4[nH]c(c5ccccc45)N=c4[nH]c(c5ccccc45)=Nc4[nH]c(c5ccccc45)N=C(N3)[C@@H]2C=C1. The summed E-state index contributed by atoms with van der Waals surface area (Å²) in [4.78, 5) is 31.0. The molecule has 1 fully saturated rings. The highest BCUT2D eigenvalue weighted by Gasteiger charge is 2.36. The van der Waals surface area contributed by atoms with Gasteiger partial charge in [0, 0.05) is 44.2 Å². The molecule has 8 bridgehead atoms. The molecular weight excluding hydrogens is 496 g/mol. The van der Waals surface area contributed by atoms with Gasteiger partial charge in [-0.05, 0) is 0 Å². The Morgan fingerprint density at radius 1 is 0.425 bits per heavy atom. The maximum atomic E-state index is 5.14. The lowest BCUT2D eigenvalue weighted by molar-refractivity contribution is 0.768. The molecule has 5 heterocycles. The fraction of sp³-hybridized carbons (Fsp3) is 0.0625. The van der Waals surface area contributed by atoms with Crippen LogP contribution in [0.1, 0.15) is 0 Å². The molecule has 1 aliphatic carbocycles. The summed E-state index contributed by atoms with van der Waals surface area (Å²) in [7, 11) is 0. The van der Waals surface area contributed by atoms with Gasteiger partial charge < -0.3 is 20.3 Å². The molecule has 6 aromatic rings. The third kappa shape index (κ3) is 3.07. The van der Waals surface area contributed by atoms with Gasteiger partial charge in [-0.3, -0.25) is 0 Å². The molecule has 3 aromatic heterocycles. The Hall–Kier alpha value is -5.50. The fourth-order valence-electron chi connectivity index (χ4n) is 6.05. The van der Waals surface area contributed by atoms with Crippen LogP contribution >= 0.6 is 0 Å². The lowest BCUT2D eigenvalue weighted by Gasteiger charge is -2.13. The number of rotatable bonds is 0. The van der Waals surface area contributed by atoms with E-state index in [1.165, 1.54) is 0 Å². The average Bonchev–Trinajstić information content (AvgIpc) is 3.73. The highest BCUT2D eigenvalue weighted by atomic mass is 15.2.